The predicted molar refractivity (Wildman–Crippen MR) is 118 cm³/mol. The van der Waals surface area contributed by atoms with Gasteiger partial charge in [0, 0.05) is 17.1 Å². The Kier molecular flexibility index (Phi) is 7.10. The van der Waals surface area contributed by atoms with Crippen LogP contribution in [0.4, 0.5) is 17.1 Å². The lowest BCUT2D eigenvalue weighted by Crippen LogP contribution is -2.13. The van der Waals surface area contributed by atoms with E-state index < -0.39 is 0 Å². The Morgan fingerprint density at radius 1 is 0.704 bits per heavy atom. The van der Waals surface area contributed by atoms with Gasteiger partial charge < -0.3 is 4.90 Å². The number of nitrogens with zero attached hydrogens (tertiary/aromatic N) is 1. The summed E-state index contributed by atoms with van der Waals surface area (Å²) in [6, 6.07) is 30.2. The van der Waals surface area contributed by atoms with E-state index in [4.69, 9.17) is 0 Å². The third-order valence-corrected chi connectivity index (χ3v) is 5.13. The Hall–Kier alpha value is -2.54. The van der Waals surface area contributed by atoms with Crippen molar-refractivity contribution in [3.8, 4) is 0 Å². The highest BCUT2D eigenvalue weighted by Gasteiger charge is 2.16. The van der Waals surface area contributed by atoms with Crippen molar-refractivity contribution in [3.05, 3.63) is 90.5 Å². The van der Waals surface area contributed by atoms with Crippen molar-refractivity contribution in [3.63, 3.8) is 0 Å². The fourth-order valence-electron chi connectivity index (χ4n) is 3.70. The lowest BCUT2D eigenvalue weighted by atomic mass is 9.94. The number of unbranched alkanes of at least 4 members (excludes halogenated alkanes) is 2. The molecule has 0 aromatic heterocycles. The van der Waals surface area contributed by atoms with Crippen molar-refractivity contribution in [2.45, 2.75) is 46.0 Å². The molecule has 0 aliphatic heterocycles. The fourth-order valence-corrected chi connectivity index (χ4v) is 3.70. The molecule has 3 aromatic carbocycles. The van der Waals surface area contributed by atoms with E-state index in [1.54, 1.807) is 0 Å². The number of rotatable bonds is 9. The first kappa shape index (κ1) is 19.2. The van der Waals surface area contributed by atoms with E-state index in [0.717, 1.165) is 6.42 Å². The maximum atomic E-state index is 2.39. The topological polar surface area (TPSA) is 3.24 Å². The molecule has 0 heterocycles. The lowest BCUT2D eigenvalue weighted by molar-refractivity contribution is 0.493. The molecule has 1 unspecified atom stereocenters. The fraction of sp³-hybridized carbons (Fsp3) is 0.308. The molecule has 0 fully saturated rings. The quantitative estimate of drug-likeness (QED) is 0.352. The zero-order valence-corrected chi connectivity index (χ0v) is 16.6. The van der Waals surface area contributed by atoms with Gasteiger partial charge in [-0.05, 0) is 48.2 Å². The van der Waals surface area contributed by atoms with Crippen LogP contribution in [0, 0.1) is 5.92 Å². The average molecular weight is 358 g/mol. The number of hydrogen-bond acceptors (Lipinski definition) is 1. The first-order valence-corrected chi connectivity index (χ1v) is 10.3. The summed E-state index contributed by atoms with van der Waals surface area (Å²) < 4.78 is 0. The molecule has 0 bridgehead atoms. The highest BCUT2D eigenvalue weighted by Crippen LogP contribution is 2.37. The van der Waals surface area contributed by atoms with Gasteiger partial charge in [0.2, 0.25) is 0 Å². The van der Waals surface area contributed by atoms with Gasteiger partial charge in [0.15, 0.2) is 0 Å². The molecule has 140 valence electrons. The average Bonchev–Trinajstić information content (AvgIpc) is 2.71. The summed E-state index contributed by atoms with van der Waals surface area (Å²) in [7, 11) is 0. The summed E-state index contributed by atoms with van der Waals surface area (Å²) in [6.45, 7) is 4.67. The summed E-state index contributed by atoms with van der Waals surface area (Å²) in [5, 5.41) is 0. The second kappa shape index (κ2) is 9.97. The van der Waals surface area contributed by atoms with Crippen LogP contribution in [0.5, 0.6) is 0 Å². The Morgan fingerprint density at radius 2 is 1.26 bits per heavy atom. The van der Waals surface area contributed by atoms with E-state index in [2.05, 4.69) is 104 Å². The third-order valence-electron chi connectivity index (χ3n) is 5.13. The van der Waals surface area contributed by atoms with Gasteiger partial charge in [-0.1, -0.05) is 94.1 Å². The molecule has 1 nitrogen and oxygen atoms in total. The molecule has 0 saturated carbocycles. The lowest BCUT2D eigenvalue weighted by Gasteiger charge is -2.28. The second-order valence-corrected chi connectivity index (χ2v) is 7.44. The molecule has 3 aromatic rings. The van der Waals surface area contributed by atoms with Crippen LogP contribution in [-0.2, 0) is 6.42 Å². The Labute approximate surface area is 164 Å². The molecular formula is C26H31N. The summed E-state index contributed by atoms with van der Waals surface area (Å²) in [5.41, 5.74) is 5.12. The number of benzene rings is 3. The summed E-state index contributed by atoms with van der Waals surface area (Å²) in [6.07, 6.45) is 6.39. The molecule has 1 heteroatoms. The standard InChI is InChI=1S/C26H31N/c1-3-4-7-14-22(2)21-23-15-12-13-20-26(23)27(24-16-8-5-9-17-24)25-18-10-6-11-19-25/h5-6,8-13,15-20,22H,3-4,7,14,21H2,1-2H3. The Bertz CT molecular complexity index is 755. The predicted octanol–water partition coefficient (Wildman–Crippen LogP) is 7.92. The molecular weight excluding hydrogens is 326 g/mol. The molecule has 0 N–H and O–H groups in total. The summed E-state index contributed by atoms with van der Waals surface area (Å²) in [4.78, 5) is 2.38. The van der Waals surface area contributed by atoms with Crippen LogP contribution >= 0.6 is 0 Å². The van der Waals surface area contributed by atoms with Crippen molar-refractivity contribution < 1.29 is 0 Å². The molecule has 1 atom stereocenters. The van der Waals surface area contributed by atoms with E-state index in [1.165, 1.54) is 48.3 Å². The van der Waals surface area contributed by atoms with Crippen molar-refractivity contribution in [1.29, 1.82) is 0 Å². The van der Waals surface area contributed by atoms with E-state index in [1.807, 2.05) is 0 Å². The van der Waals surface area contributed by atoms with Gasteiger partial charge in [-0.15, -0.1) is 0 Å². The molecule has 27 heavy (non-hydrogen) atoms. The van der Waals surface area contributed by atoms with Gasteiger partial charge in [0.25, 0.3) is 0 Å². The minimum absolute atomic E-state index is 0.700. The Balaban J connectivity index is 1.94. The number of para-hydroxylation sites is 3. The zero-order valence-electron chi connectivity index (χ0n) is 16.6. The summed E-state index contributed by atoms with van der Waals surface area (Å²) in [5.74, 6) is 0.700. The van der Waals surface area contributed by atoms with Crippen molar-refractivity contribution in [2.24, 2.45) is 5.92 Å². The maximum absolute atomic E-state index is 2.39. The van der Waals surface area contributed by atoms with Crippen LogP contribution in [-0.4, -0.2) is 0 Å². The van der Waals surface area contributed by atoms with Crippen molar-refractivity contribution in [2.75, 3.05) is 4.90 Å². The van der Waals surface area contributed by atoms with Crippen LogP contribution in [0.2, 0.25) is 0 Å². The van der Waals surface area contributed by atoms with E-state index >= 15 is 0 Å². The van der Waals surface area contributed by atoms with Crippen molar-refractivity contribution >= 4 is 17.1 Å². The van der Waals surface area contributed by atoms with Crippen LogP contribution in [0.1, 0.15) is 45.1 Å². The monoisotopic (exact) mass is 357 g/mol. The number of hydrogen-bond donors (Lipinski definition) is 0. The van der Waals surface area contributed by atoms with Gasteiger partial charge in [0.1, 0.15) is 0 Å². The van der Waals surface area contributed by atoms with E-state index in [-0.39, 0.29) is 0 Å². The molecule has 3 rings (SSSR count). The smallest absolute Gasteiger partial charge is 0.0493 e. The van der Waals surface area contributed by atoms with Crippen molar-refractivity contribution in [1.82, 2.24) is 0 Å². The maximum Gasteiger partial charge on any atom is 0.0493 e. The molecule has 0 amide bonds. The molecule has 0 saturated heterocycles. The second-order valence-electron chi connectivity index (χ2n) is 7.44. The van der Waals surface area contributed by atoms with Gasteiger partial charge in [-0.25, -0.2) is 0 Å². The van der Waals surface area contributed by atoms with Gasteiger partial charge >= 0.3 is 0 Å². The van der Waals surface area contributed by atoms with Gasteiger partial charge in [0.05, 0.1) is 0 Å². The van der Waals surface area contributed by atoms with Crippen LogP contribution in [0.3, 0.4) is 0 Å². The SMILES string of the molecule is CCCCCC(C)Cc1ccccc1N(c1ccccc1)c1ccccc1. The minimum Gasteiger partial charge on any atom is -0.310 e. The van der Waals surface area contributed by atoms with Gasteiger partial charge in [-0.2, -0.15) is 0 Å². The van der Waals surface area contributed by atoms with Crippen LogP contribution in [0.15, 0.2) is 84.9 Å². The first-order chi connectivity index (χ1) is 13.3. The molecule has 0 radical (unpaired) electrons. The van der Waals surface area contributed by atoms with E-state index in [0.29, 0.717) is 5.92 Å². The highest BCUT2D eigenvalue weighted by molar-refractivity contribution is 5.78. The summed E-state index contributed by atoms with van der Waals surface area (Å²) >= 11 is 0. The molecule has 0 aliphatic rings. The first-order valence-electron chi connectivity index (χ1n) is 10.3. The molecule has 0 aliphatic carbocycles. The molecule has 0 spiro atoms. The Morgan fingerprint density at radius 3 is 1.85 bits per heavy atom. The zero-order chi connectivity index (χ0) is 18.9. The van der Waals surface area contributed by atoms with Crippen LogP contribution < -0.4 is 4.90 Å². The minimum atomic E-state index is 0.700. The number of anilines is 3. The largest absolute Gasteiger partial charge is 0.310 e. The third kappa shape index (κ3) is 5.23. The normalized spacial score (nSPS) is 11.9. The highest BCUT2D eigenvalue weighted by atomic mass is 15.1. The van der Waals surface area contributed by atoms with Crippen LogP contribution in [0.25, 0.3) is 0 Å². The van der Waals surface area contributed by atoms with E-state index in [9.17, 15) is 0 Å². The van der Waals surface area contributed by atoms with Gasteiger partial charge in [-0.3, -0.25) is 0 Å².